The molecule has 1 amide bonds. The molecule has 4 rings (SSSR count). The summed E-state index contributed by atoms with van der Waals surface area (Å²) in [6.07, 6.45) is 10.2. The molecule has 1 N–H and O–H groups in total. The van der Waals surface area contributed by atoms with E-state index in [4.69, 9.17) is 4.98 Å². The zero-order valence-corrected chi connectivity index (χ0v) is 18.4. The average molecular weight is 420 g/mol. The first-order chi connectivity index (χ1) is 13.5. The molecule has 0 bridgehead atoms. The van der Waals surface area contributed by atoms with Crippen molar-refractivity contribution in [3.63, 3.8) is 0 Å². The van der Waals surface area contributed by atoms with Gasteiger partial charge in [-0.15, -0.1) is 11.3 Å². The average Bonchev–Trinajstić information content (AvgIpc) is 3.30. The van der Waals surface area contributed by atoms with Crippen molar-refractivity contribution >= 4 is 39.2 Å². The first-order valence-corrected chi connectivity index (χ1v) is 12.3. The predicted octanol–water partition coefficient (Wildman–Crippen LogP) is 4.73. The molecule has 2 aromatic heterocycles. The second-order valence-electron chi connectivity index (χ2n) is 8.16. The topological polar surface area (TPSA) is 64.0 Å². The Morgan fingerprint density at radius 1 is 1.14 bits per heavy atom. The van der Waals surface area contributed by atoms with Crippen LogP contribution in [0.5, 0.6) is 0 Å². The molecule has 152 valence electrons. The van der Waals surface area contributed by atoms with Crippen LogP contribution in [-0.4, -0.2) is 27.3 Å². The van der Waals surface area contributed by atoms with Crippen molar-refractivity contribution in [1.82, 2.24) is 14.9 Å². The standard InChI is InChI=1S/C21H29N3O2S2/c1-13-14(2)28-19-18(13)20(26)24(16-10-6-7-11-16)21(23-19)27-12-17(25)22-15-8-4-3-5-9-15/h15-16H,3-12H2,1-2H3,(H,22,25). The molecule has 0 aromatic carbocycles. The lowest BCUT2D eigenvalue weighted by atomic mass is 9.95. The fourth-order valence-electron chi connectivity index (χ4n) is 4.52. The van der Waals surface area contributed by atoms with Crippen LogP contribution in [0.4, 0.5) is 0 Å². The number of fused-ring (bicyclic) bond motifs is 1. The summed E-state index contributed by atoms with van der Waals surface area (Å²) >= 11 is 3.00. The molecule has 0 aliphatic heterocycles. The van der Waals surface area contributed by atoms with Gasteiger partial charge in [0.05, 0.1) is 11.1 Å². The highest BCUT2D eigenvalue weighted by molar-refractivity contribution is 7.99. The monoisotopic (exact) mass is 419 g/mol. The molecule has 0 spiro atoms. The normalized spacial score (nSPS) is 18.8. The molecule has 2 fully saturated rings. The van der Waals surface area contributed by atoms with E-state index >= 15 is 0 Å². The molecule has 0 unspecified atom stereocenters. The van der Waals surface area contributed by atoms with Crippen molar-refractivity contribution in [3.05, 3.63) is 20.8 Å². The zero-order valence-electron chi connectivity index (χ0n) is 16.8. The SMILES string of the molecule is Cc1sc2nc(SCC(=O)NC3CCCCC3)n(C3CCCC3)c(=O)c2c1C. The summed E-state index contributed by atoms with van der Waals surface area (Å²) in [7, 11) is 0. The second kappa shape index (κ2) is 8.57. The Balaban J connectivity index is 1.59. The van der Waals surface area contributed by atoms with Crippen LogP contribution < -0.4 is 10.9 Å². The van der Waals surface area contributed by atoms with Gasteiger partial charge in [-0.2, -0.15) is 0 Å². The van der Waals surface area contributed by atoms with E-state index < -0.39 is 0 Å². The minimum atomic E-state index is 0.0581. The highest BCUT2D eigenvalue weighted by Gasteiger charge is 2.25. The number of aromatic nitrogens is 2. The van der Waals surface area contributed by atoms with Crippen molar-refractivity contribution in [2.24, 2.45) is 0 Å². The summed E-state index contributed by atoms with van der Waals surface area (Å²) in [6.45, 7) is 4.06. The van der Waals surface area contributed by atoms with Gasteiger partial charge in [-0.25, -0.2) is 4.98 Å². The minimum Gasteiger partial charge on any atom is -0.353 e. The van der Waals surface area contributed by atoms with Crippen LogP contribution in [0.1, 0.15) is 74.3 Å². The Bertz CT molecular complexity index is 922. The number of aryl methyl sites for hydroxylation is 2. The van der Waals surface area contributed by atoms with Gasteiger partial charge < -0.3 is 5.32 Å². The molecular formula is C21H29N3O2S2. The van der Waals surface area contributed by atoms with Crippen LogP contribution >= 0.6 is 23.1 Å². The smallest absolute Gasteiger partial charge is 0.263 e. The van der Waals surface area contributed by atoms with E-state index in [0.29, 0.717) is 17.0 Å². The van der Waals surface area contributed by atoms with Gasteiger partial charge in [0, 0.05) is 17.0 Å². The van der Waals surface area contributed by atoms with E-state index in [1.165, 1.54) is 31.0 Å². The molecule has 0 atom stereocenters. The second-order valence-corrected chi connectivity index (χ2v) is 10.3. The van der Waals surface area contributed by atoms with Crippen molar-refractivity contribution in [2.75, 3.05) is 5.75 Å². The molecular weight excluding hydrogens is 390 g/mol. The fourth-order valence-corrected chi connectivity index (χ4v) is 6.47. The van der Waals surface area contributed by atoms with Crippen LogP contribution in [0.3, 0.4) is 0 Å². The zero-order chi connectivity index (χ0) is 19.7. The number of nitrogens with one attached hydrogen (secondary N) is 1. The lowest BCUT2D eigenvalue weighted by Gasteiger charge is -2.23. The lowest BCUT2D eigenvalue weighted by Crippen LogP contribution is -2.37. The molecule has 2 aromatic rings. The van der Waals surface area contributed by atoms with Crippen molar-refractivity contribution in [1.29, 1.82) is 0 Å². The van der Waals surface area contributed by atoms with Crippen LogP contribution in [-0.2, 0) is 4.79 Å². The van der Waals surface area contributed by atoms with Gasteiger partial charge in [-0.05, 0) is 45.1 Å². The van der Waals surface area contributed by atoms with E-state index in [1.54, 1.807) is 11.3 Å². The molecule has 2 aliphatic carbocycles. The third kappa shape index (κ3) is 4.01. The first-order valence-electron chi connectivity index (χ1n) is 10.5. The van der Waals surface area contributed by atoms with Gasteiger partial charge in [0.25, 0.3) is 5.56 Å². The third-order valence-corrected chi connectivity index (χ3v) is 8.25. The van der Waals surface area contributed by atoms with Gasteiger partial charge in [0.1, 0.15) is 4.83 Å². The number of thioether (sulfide) groups is 1. The predicted molar refractivity (Wildman–Crippen MR) is 117 cm³/mol. The first kappa shape index (κ1) is 20.0. The Hall–Kier alpha value is -1.34. The molecule has 2 saturated carbocycles. The Labute approximate surface area is 174 Å². The van der Waals surface area contributed by atoms with E-state index in [2.05, 4.69) is 5.32 Å². The molecule has 0 radical (unpaired) electrons. The van der Waals surface area contributed by atoms with Gasteiger partial charge in [-0.3, -0.25) is 14.2 Å². The van der Waals surface area contributed by atoms with Crippen molar-refractivity contribution < 1.29 is 4.79 Å². The highest BCUT2D eigenvalue weighted by atomic mass is 32.2. The number of hydrogen-bond donors (Lipinski definition) is 1. The maximum Gasteiger partial charge on any atom is 0.263 e. The molecule has 2 aliphatic rings. The quantitative estimate of drug-likeness (QED) is 0.562. The van der Waals surface area contributed by atoms with Crippen LogP contribution in [0.25, 0.3) is 10.2 Å². The highest BCUT2D eigenvalue weighted by Crippen LogP contribution is 2.34. The van der Waals surface area contributed by atoms with Gasteiger partial charge in [0.15, 0.2) is 5.16 Å². The van der Waals surface area contributed by atoms with Crippen LogP contribution in [0.2, 0.25) is 0 Å². The Morgan fingerprint density at radius 2 is 1.82 bits per heavy atom. The number of hydrogen-bond acceptors (Lipinski definition) is 5. The Morgan fingerprint density at radius 3 is 2.54 bits per heavy atom. The molecule has 2 heterocycles. The molecule has 7 heteroatoms. The lowest BCUT2D eigenvalue weighted by molar-refractivity contribution is -0.119. The summed E-state index contributed by atoms with van der Waals surface area (Å²) in [4.78, 5) is 32.6. The number of carbonyl (C=O) groups is 1. The largest absolute Gasteiger partial charge is 0.353 e. The number of amides is 1. The van der Waals surface area contributed by atoms with Crippen LogP contribution in [0.15, 0.2) is 9.95 Å². The van der Waals surface area contributed by atoms with Gasteiger partial charge in [-0.1, -0.05) is 43.9 Å². The summed E-state index contributed by atoms with van der Waals surface area (Å²) in [5, 5.41) is 4.65. The van der Waals surface area contributed by atoms with Crippen molar-refractivity contribution in [2.45, 2.75) is 88.9 Å². The number of rotatable bonds is 5. The summed E-state index contributed by atoms with van der Waals surface area (Å²) < 4.78 is 1.90. The van der Waals surface area contributed by atoms with Gasteiger partial charge in [0.2, 0.25) is 5.91 Å². The maximum absolute atomic E-state index is 13.3. The van der Waals surface area contributed by atoms with E-state index in [0.717, 1.165) is 59.2 Å². The molecule has 28 heavy (non-hydrogen) atoms. The minimum absolute atomic E-state index is 0.0581. The van der Waals surface area contributed by atoms with E-state index in [1.807, 2.05) is 18.4 Å². The van der Waals surface area contributed by atoms with Gasteiger partial charge >= 0.3 is 0 Å². The third-order valence-electron chi connectivity index (χ3n) is 6.20. The number of thiophene rings is 1. The van der Waals surface area contributed by atoms with E-state index in [-0.39, 0.29) is 17.5 Å². The number of nitrogens with zero attached hydrogens (tertiary/aromatic N) is 2. The summed E-state index contributed by atoms with van der Waals surface area (Å²) in [5.41, 5.74) is 1.13. The molecule has 0 saturated heterocycles. The van der Waals surface area contributed by atoms with E-state index in [9.17, 15) is 9.59 Å². The maximum atomic E-state index is 13.3. The summed E-state index contributed by atoms with van der Waals surface area (Å²) in [6, 6.07) is 0.532. The number of carbonyl (C=O) groups excluding carboxylic acids is 1. The summed E-state index contributed by atoms with van der Waals surface area (Å²) in [5.74, 6) is 0.382. The fraction of sp³-hybridized carbons (Fsp3) is 0.667. The Kier molecular flexibility index (Phi) is 6.11. The van der Waals surface area contributed by atoms with Crippen LogP contribution in [0, 0.1) is 13.8 Å². The van der Waals surface area contributed by atoms with Crippen molar-refractivity contribution in [3.8, 4) is 0 Å². The molecule has 5 nitrogen and oxygen atoms in total.